The van der Waals surface area contributed by atoms with Crippen molar-refractivity contribution in [3.63, 3.8) is 0 Å². The van der Waals surface area contributed by atoms with Gasteiger partial charge in [0.25, 0.3) is 0 Å². The number of aromatic hydroxyl groups is 1. The predicted molar refractivity (Wildman–Crippen MR) is 68.8 cm³/mol. The number of phenols is 1. The molecule has 1 aromatic heterocycles. The Morgan fingerprint density at radius 1 is 1.00 bits per heavy atom. The van der Waals surface area contributed by atoms with Gasteiger partial charge in [0.2, 0.25) is 0 Å². The summed E-state index contributed by atoms with van der Waals surface area (Å²) in [5, 5.41) is 10.4. The summed E-state index contributed by atoms with van der Waals surface area (Å²) < 4.78 is 13.3. The van der Waals surface area contributed by atoms with Gasteiger partial charge in [-0.1, -0.05) is 18.2 Å². The molecule has 2 nitrogen and oxygen atoms in total. The van der Waals surface area contributed by atoms with Crippen molar-refractivity contribution in [2.45, 2.75) is 0 Å². The Hall–Kier alpha value is -2.42. The number of aromatic nitrogens is 1. The van der Waals surface area contributed by atoms with E-state index in [1.807, 2.05) is 30.3 Å². The van der Waals surface area contributed by atoms with Gasteiger partial charge in [0.15, 0.2) is 0 Å². The van der Waals surface area contributed by atoms with Gasteiger partial charge in [0.05, 0.1) is 5.52 Å². The summed E-state index contributed by atoms with van der Waals surface area (Å²) in [6.07, 6.45) is 1.72. The van der Waals surface area contributed by atoms with E-state index in [1.54, 1.807) is 12.3 Å². The largest absolute Gasteiger partial charge is 0.508 e. The topological polar surface area (TPSA) is 33.1 Å². The third kappa shape index (κ3) is 1.80. The van der Waals surface area contributed by atoms with E-state index < -0.39 is 5.82 Å². The van der Waals surface area contributed by atoms with Gasteiger partial charge in [0, 0.05) is 17.6 Å². The second-order valence-electron chi connectivity index (χ2n) is 4.07. The van der Waals surface area contributed by atoms with Crippen LogP contribution in [0.2, 0.25) is 0 Å². The summed E-state index contributed by atoms with van der Waals surface area (Å²) >= 11 is 0. The first-order valence-electron chi connectivity index (χ1n) is 5.58. The van der Waals surface area contributed by atoms with Gasteiger partial charge in [-0.3, -0.25) is 4.98 Å². The Labute approximate surface area is 103 Å². The van der Waals surface area contributed by atoms with Crippen molar-refractivity contribution in [2.24, 2.45) is 0 Å². The molecule has 3 aromatic rings. The molecule has 0 unspecified atom stereocenters. The number of benzene rings is 2. The molecule has 3 heteroatoms. The molecule has 1 N–H and O–H groups in total. The Bertz CT molecular complexity index is 699. The number of rotatable bonds is 1. The van der Waals surface area contributed by atoms with Crippen molar-refractivity contribution in [1.29, 1.82) is 0 Å². The van der Waals surface area contributed by atoms with Crippen LogP contribution in [0.3, 0.4) is 0 Å². The van der Waals surface area contributed by atoms with E-state index in [0.29, 0.717) is 5.56 Å². The third-order valence-corrected chi connectivity index (χ3v) is 2.84. The number of nitrogens with zero attached hydrogens (tertiary/aromatic N) is 1. The van der Waals surface area contributed by atoms with E-state index in [-0.39, 0.29) is 5.75 Å². The third-order valence-electron chi connectivity index (χ3n) is 2.84. The minimum atomic E-state index is -0.453. The number of hydrogen-bond acceptors (Lipinski definition) is 2. The van der Waals surface area contributed by atoms with E-state index >= 15 is 0 Å². The molecular weight excluding hydrogens is 229 g/mol. The lowest BCUT2D eigenvalue weighted by molar-refractivity contribution is 0.469. The maximum atomic E-state index is 13.3. The van der Waals surface area contributed by atoms with Crippen LogP contribution in [-0.2, 0) is 0 Å². The molecule has 0 aliphatic carbocycles. The SMILES string of the molecule is Oc1cc(F)cc(-c2cccc3ncccc23)c1. The highest BCUT2D eigenvalue weighted by molar-refractivity contribution is 5.94. The highest BCUT2D eigenvalue weighted by atomic mass is 19.1. The van der Waals surface area contributed by atoms with Crippen LogP contribution < -0.4 is 0 Å². The molecule has 18 heavy (non-hydrogen) atoms. The molecule has 0 radical (unpaired) electrons. The second-order valence-corrected chi connectivity index (χ2v) is 4.07. The van der Waals surface area contributed by atoms with E-state index in [2.05, 4.69) is 4.98 Å². The van der Waals surface area contributed by atoms with Crippen LogP contribution >= 0.6 is 0 Å². The molecule has 0 saturated heterocycles. The van der Waals surface area contributed by atoms with Crippen LogP contribution in [-0.4, -0.2) is 10.1 Å². The van der Waals surface area contributed by atoms with Gasteiger partial charge in [-0.25, -0.2) is 4.39 Å². The normalized spacial score (nSPS) is 10.7. The van der Waals surface area contributed by atoms with Gasteiger partial charge in [-0.15, -0.1) is 0 Å². The fourth-order valence-electron chi connectivity index (χ4n) is 2.08. The molecule has 0 amide bonds. The van der Waals surface area contributed by atoms with Gasteiger partial charge in [-0.2, -0.15) is 0 Å². The summed E-state index contributed by atoms with van der Waals surface area (Å²) in [6.45, 7) is 0. The van der Waals surface area contributed by atoms with Crippen LogP contribution in [0.4, 0.5) is 4.39 Å². The van der Waals surface area contributed by atoms with Crippen molar-refractivity contribution in [1.82, 2.24) is 4.98 Å². The Morgan fingerprint density at radius 2 is 1.89 bits per heavy atom. The fraction of sp³-hybridized carbons (Fsp3) is 0. The van der Waals surface area contributed by atoms with Crippen LogP contribution in [0.15, 0.2) is 54.7 Å². The van der Waals surface area contributed by atoms with E-state index in [1.165, 1.54) is 6.07 Å². The van der Waals surface area contributed by atoms with Gasteiger partial charge in [-0.05, 0) is 35.4 Å². The average Bonchev–Trinajstić information content (AvgIpc) is 2.37. The summed E-state index contributed by atoms with van der Waals surface area (Å²) in [7, 11) is 0. The van der Waals surface area contributed by atoms with Crippen LogP contribution in [0.5, 0.6) is 5.75 Å². The number of hydrogen-bond donors (Lipinski definition) is 1. The Balaban J connectivity index is 2.31. The van der Waals surface area contributed by atoms with Gasteiger partial charge in [0.1, 0.15) is 11.6 Å². The lowest BCUT2D eigenvalue weighted by Gasteiger charge is -2.07. The summed E-state index contributed by atoms with van der Waals surface area (Å²) in [5.74, 6) is -0.531. The summed E-state index contributed by atoms with van der Waals surface area (Å²) in [6, 6.07) is 13.5. The monoisotopic (exact) mass is 239 g/mol. The van der Waals surface area contributed by atoms with Crippen molar-refractivity contribution in [2.75, 3.05) is 0 Å². The molecule has 2 aromatic carbocycles. The first-order chi connectivity index (χ1) is 8.74. The molecule has 88 valence electrons. The first-order valence-corrected chi connectivity index (χ1v) is 5.58. The second kappa shape index (κ2) is 4.11. The molecular formula is C15H10FNO. The van der Waals surface area contributed by atoms with Crippen molar-refractivity contribution < 1.29 is 9.50 Å². The zero-order valence-electron chi connectivity index (χ0n) is 9.47. The number of pyridine rings is 1. The van der Waals surface area contributed by atoms with Crippen molar-refractivity contribution >= 4 is 10.9 Å². The average molecular weight is 239 g/mol. The summed E-state index contributed by atoms with van der Waals surface area (Å²) in [5.41, 5.74) is 2.35. The molecule has 0 aliphatic heterocycles. The molecule has 1 heterocycles. The molecule has 0 saturated carbocycles. The molecule has 0 fully saturated rings. The number of halogens is 1. The molecule has 3 rings (SSSR count). The number of fused-ring (bicyclic) bond motifs is 1. The molecule has 0 spiro atoms. The van der Waals surface area contributed by atoms with Crippen LogP contribution in [0.25, 0.3) is 22.0 Å². The van der Waals surface area contributed by atoms with Gasteiger partial charge < -0.3 is 5.11 Å². The minimum absolute atomic E-state index is 0.0779. The molecule has 0 bridgehead atoms. The zero-order valence-corrected chi connectivity index (χ0v) is 9.47. The maximum Gasteiger partial charge on any atom is 0.127 e. The number of phenolic OH excluding ortho intramolecular Hbond substituents is 1. The lowest BCUT2D eigenvalue weighted by Crippen LogP contribution is -1.85. The van der Waals surface area contributed by atoms with Crippen molar-refractivity contribution in [3.05, 3.63) is 60.5 Å². The zero-order chi connectivity index (χ0) is 12.5. The quantitative estimate of drug-likeness (QED) is 0.701. The first kappa shape index (κ1) is 10.7. The fourth-order valence-corrected chi connectivity index (χ4v) is 2.08. The minimum Gasteiger partial charge on any atom is -0.508 e. The lowest BCUT2D eigenvalue weighted by atomic mass is 10.0. The van der Waals surface area contributed by atoms with Crippen LogP contribution in [0, 0.1) is 5.82 Å². The van der Waals surface area contributed by atoms with E-state index in [4.69, 9.17) is 0 Å². The standard InChI is InChI=1S/C15H10FNO/c16-11-7-10(8-12(18)9-11)13-3-1-5-15-14(13)4-2-6-17-15/h1-9,18H. The highest BCUT2D eigenvalue weighted by Gasteiger charge is 2.06. The smallest absolute Gasteiger partial charge is 0.127 e. The molecule has 0 atom stereocenters. The van der Waals surface area contributed by atoms with Crippen molar-refractivity contribution in [3.8, 4) is 16.9 Å². The van der Waals surface area contributed by atoms with Gasteiger partial charge >= 0.3 is 0 Å². The van der Waals surface area contributed by atoms with E-state index in [0.717, 1.165) is 22.5 Å². The maximum absolute atomic E-state index is 13.3. The van der Waals surface area contributed by atoms with Crippen LogP contribution in [0.1, 0.15) is 0 Å². The molecule has 0 aliphatic rings. The van der Waals surface area contributed by atoms with E-state index in [9.17, 15) is 9.50 Å². The highest BCUT2D eigenvalue weighted by Crippen LogP contribution is 2.30. The summed E-state index contributed by atoms with van der Waals surface area (Å²) in [4.78, 5) is 4.26. The Morgan fingerprint density at radius 3 is 2.72 bits per heavy atom. The Kier molecular flexibility index (Phi) is 2.45. The predicted octanol–water partition coefficient (Wildman–Crippen LogP) is 3.75.